The Balaban J connectivity index is 0. The number of halogens is 2. The summed E-state index contributed by atoms with van der Waals surface area (Å²) in [6.07, 6.45) is 3.36. The molecule has 0 spiro atoms. The van der Waals surface area contributed by atoms with E-state index in [0.29, 0.717) is 5.92 Å². The van der Waals surface area contributed by atoms with Crippen LogP contribution in [0.25, 0.3) is 0 Å². The SMILES string of the molecule is CC1=[C-]c2ccccc2C1C.[Cl-].[Cl-].[Zr+4].c1cc[cH-]c1. The first-order valence-electron chi connectivity index (χ1n) is 5.65. The van der Waals surface area contributed by atoms with Crippen molar-refractivity contribution in [2.45, 2.75) is 19.8 Å². The fourth-order valence-corrected chi connectivity index (χ4v) is 1.86. The van der Waals surface area contributed by atoms with Gasteiger partial charge in [-0.25, -0.2) is 12.1 Å². The first kappa shape index (κ1) is 21.1. The van der Waals surface area contributed by atoms with E-state index >= 15 is 0 Å². The van der Waals surface area contributed by atoms with E-state index in [1.165, 1.54) is 16.7 Å². The minimum atomic E-state index is 0. The molecule has 1 atom stereocenters. The summed E-state index contributed by atoms with van der Waals surface area (Å²) >= 11 is 0. The van der Waals surface area contributed by atoms with E-state index in [2.05, 4.69) is 44.2 Å². The molecule has 0 amide bonds. The molecule has 0 bridgehead atoms. The van der Waals surface area contributed by atoms with Crippen LogP contribution < -0.4 is 24.8 Å². The molecule has 1 unspecified atom stereocenters. The number of hydrogen-bond acceptors (Lipinski definition) is 0. The predicted octanol–water partition coefficient (Wildman–Crippen LogP) is -1.69. The van der Waals surface area contributed by atoms with Gasteiger partial charge >= 0.3 is 26.2 Å². The normalized spacial score (nSPS) is 14.4. The molecule has 2 aromatic carbocycles. The zero-order valence-electron chi connectivity index (χ0n) is 11.0. The van der Waals surface area contributed by atoms with Crippen molar-refractivity contribution in [2.24, 2.45) is 0 Å². The van der Waals surface area contributed by atoms with Crippen molar-refractivity contribution in [3.63, 3.8) is 0 Å². The van der Waals surface area contributed by atoms with Gasteiger partial charge in [0.25, 0.3) is 0 Å². The maximum absolute atomic E-state index is 3.36. The molecule has 98 valence electrons. The van der Waals surface area contributed by atoms with Crippen molar-refractivity contribution in [1.82, 2.24) is 0 Å². The Morgan fingerprint density at radius 3 is 2.05 bits per heavy atom. The van der Waals surface area contributed by atoms with Crippen LogP contribution in [0.5, 0.6) is 0 Å². The number of benzene rings is 1. The number of fused-ring (bicyclic) bond motifs is 1. The third kappa shape index (κ3) is 5.73. The topological polar surface area (TPSA) is 0 Å². The summed E-state index contributed by atoms with van der Waals surface area (Å²) in [6, 6.07) is 18.5. The van der Waals surface area contributed by atoms with Gasteiger partial charge in [0.05, 0.1) is 0 Å². The second-order valence-electron chi connectivity index (χ2n) is 4.08. The van der Waals surface area contributed by atoms with Gasteiger partial charge in [0.15, 0.2) is 0 Å². The largest absolute Gasteiger partial charge is 4.00 e. The number of allylic oxidation sites excluding steroid dienone is 1. The van der Waals surface area contributed by atoms with Gasteiger partial charge in [-0.3, -0.25) is 0 Å². The van der Waals surface area contributed by atoms with Crippen LogP contribution in [0.15, 0.2) is 60.2 Å². The van der Waals surface area contributed by atoms with E-state index in [4.69, 9.17) is 0 Å². The van der Waals surface area contributed by atoms with Crippen molar-refractivity contribution in [1.29, 1.82) is 0 Å². The molecule has 0 radical (unpaired) electrons. The first-order valence-corrected chi connectivity index (χ1v) is 5.65. The Labute approximate surface area is 147 Å². The Hall–Kier alpha value is -0.227. The summed E-state index contributed by atoms with van der Waals surface area (Å²) in [7, 11) is 0. The molecule has 0 saturated heterocycles. The second kappa shape index (κ2) is 10.5. The molecule has 0 N–H and O–H groups in total. The van der Waals surface area contributed by atoms with Crippen LogP contribution in [0.2, 0.25) is 0 Å². The summed E-state index contributed by atoms with van der Waals surface area (Å²) < 4.78 is 0. The van der Waals surface area contributed by atoms with Crippen LogP contribution in [-0.4, -0.2) is 0 Å². The second-order valence-corrected chi connectivity index (χ2v) is 4.08. The molecular formula is C16H16Cl2Zr. The molecule has 1 aliphatic carbocycles. The fraction of sp³-hybridized carbons (Fsp3) is 0.188. The summed E-state index contributed by atoms with van der Waals surface area (Å²) in [6.45, 7) is 4.37. The van der Waals surface area contributed by atoms with Crippen molar-refractivity contribution >= 4 is 0 Å². The smallest absolute Gasteiger partial charge is 1.00 e. The van der Waals surface area contributed by atoms with Crippen LogP contribution in [0, 0.1) is 6.08 Å². The van der Waals surface area contributed by atoms with Crippen molar-refractivity contribution < 1.29 is 51.0 Å². The van der Waals surface area contributed by atoms with Gasteiger partial charge < -0.3 is 24.8 Å². The van der Waals surface area contributed by atoms with Crippen LogP contribution in [0.4, 0.5) is 0 Å². The van der Waals surface area contributed by atoms with E-state index < -0.39 is 0 Å². The molecule has 0 aliphatic heterocycles. The number of hydrogen-bond donors (Lipinski definition) is 0. The third-order valence-corrected chi connectivity index (χ3v) is 2.96. The summed E-state index contributed by atoms with van der Waals surface area (Å²) in [4.78, 5) is 0. The summed E-state index contributed by atoms with van der Waals surface area (Å²) in [5.41, 5.74) is 4.05. The van der Waals surface area contributed by atoms with Crippen molar-refractivity contribution in [3.05, 3.63) is 77.4 Å². The molecular weight excluding hydrogens is 354 g/mol. The standard InChI is InChI=1S/C11H11.C5H5.2ClH.Zr/c1-8-7-10-5-3-4-6-11(10)9(8)2;1-2-4-5-3-1;;;/h3-6,9H,1-2H3;1-5H;2*1H;/q2*-1;;;+4/p-2. The fourth-order valence-electron chi connectivity index (χ4n) is 1.86. The summed E-state index contributed by atoms with van der Waals surface area (Å²) in [5, 5.41) is 0. The van der Waals surface area contributed by atoms with Crippen molar-refractivity contribution in [2.75, 3.05) is 0 Å². The van der Waals surface area contributed by atoms with Crippen LogP contribution in [0.1, 0.15) is 30.9 Å². The van der Waals surface area contributed by atoms with Crippen LogP contribution >= 0.6 is 0 Å². The van der Waals surface area contributed by atoms with Gasteiger partial charge in [-0.1, -0.05) is 25.8 Å². The zero-order chi connectivity index (χ0) is 11.4. The first-order chi connectivity index (χ1) is 7.79. The van der Waals surface area contributed by atoms with E-state index in [1.807, 2.05) is 30.3 Å². The van der Waals surface area contributed by atoms with Crippen LogP contribution in [-0.2, 0) is 26.2 Å². The van der Waals surface area contributed by atoms with Gasteiger partial charge in [0, 0.05) is 0 Å². The molecule has 2 aromatic rings. The molecule has 0 saturated carbocycles. The maximum atomic E-state index is 3.36. The van der Waals surface area contributed by atoms with E-state index in [0.717, 1.165) is 0 Å². The van der Waals surface area contributed by atoms with Crippen LogP contribution in [0.3, 0.4) is 0 Å². The van der Waals surface area contributed by atoms with E-state index in [-0.39, 0.29) is 51.0 Å². The molecule has 19 heavy (non-hydrogen) atoms. The molecule has 0 fully saturated rings. The quantitative estimate of drug-likeness (QED) is 0.486. The van der Waals surface area contributed by atoms with E-state index in [9.17, 15) is 0 Å². The predicted molar refractivity (Wildman–Crippen MR) is 68.4 cm³/mol. The van der Waals surface area contributed by atoms with Gasteiger partial charge in [-0.15, -0.1) is 23.3 Å². The molecule has 3 heteroatoms. The molecule has 0 heterocycles. The average Bonchev–Trinajstić information content (AvgIpc) is 2.93. The Morgan fingerprint density at radius 1 is 1.00 bits per heavy atom. The third-order valence-electron chi connectivity index (χ3n) is 2.96. The monoisotopic (exact) mass is 368 g/mol. The zero-order valence-corrected chi connectivity index (χ0v) is 15.0. The van der Waals surface area contributed by atoms with E-state index in [1.54, 1.807) is 0 Å². The van der Waals surface area contributed by atoms with Gasteiger partial charge in [-0.2, -0.15) is 35.9 Å². The van der Waals surface area contributed by atoms with Gasteiger partial charge in [0.2, 0.25) is 0 Å². The average molecular weight is 370 g/mol. The number of rotatable bonds is 0. The molecule has 1 aliphatic rings. The Bertz CT molecular complexity index is 458. The Morgan fingerprint density at radius 2 is 1.58 bits per heavy atom. The minimum absolute atomic E-state index is 0. The summed E-state index contributed by atoms with van der Waals surface area (Å²) in [5.74, 6) is 0.575. The van der Waals surface area contributed by atoms with Crippen molar-refractivity contribution in [3.8, 4) is 0 Å². The molecule has 0 nitrogen and oxygen atoms in total. The van der Waals surface area contributed by atoms with Gasteiger partial charge in [-0.05, 0) is 0 Å². The van der Waals surface area contributed by atoms with Gasteiger partial charge in [0.1, 0.15) is 0 Å². The maximum Gasteiger partial charge on any atom is 4.00 e. The minimum Gasteiger partial charge on any atom is -1.00 e. The Kier molecular flexibility index (Phi) is 11.7. The molecule has 3 rings (SSSR count). The molecule has 0 aromatic heterocycles.